The van der Waals surface area contributed by atoms with Crippen molar-refractivity contribution in [1.29, 1.82) is 0 Å². The summed E-state index contributed by atoms with van der Waals surface area (Å²) in [5.74, 6) is 1.88. The summed E-state index contributed by atoms with van der Waals surface area (Å²) >= 11 is 0. The summed E-state index contributed by atoms with van der Waals surface area (Å²) in [7, 11) is 0. The van der Waals surface area contributed by atoms with Gasteiger partial charge in [0.2, 0.25) is 0 Å². The smallest absolute Gasteiger partial charge is 0.164 e. The summed E-state index contributed by atoms with van der Waals surface area (Å²) in [6, 6.07) is 94.8. The molecule has 0 radical (unpaired) electrons. The number of nitrogens with zero attached hydrogens (tertiary/aromatic N) is 5. The van der Waals surface area contributed by atoms with Crippen molar-refractivity contribution >= 4 is 65.6 Å². The Morgan fingerprint density at radius 1 is 0.276 bits per heavy atom. The highest BCUT2D eigenvalue weighted by atomic mass is 16.3. The highest BCUT2D eigenvalue weighted by Gasteiger charge is 2.38. The lowest BCUT2D eigenvalue weighted by Gasteiger charge is -2.21. The molecule has 16 aromatic rings. The zero-order valence-electron chi connectivity index (χ0n) is 48.5. The van der Waals surface area contributed by atoms with Crippen LogP contribution < -0.4 is 0 Å². The molecule has 87 heavy (non-hydrogen) atoms. The first-order chi connectivity index (χ1) is 42.6. The highest BCUT2D eigenvalue weighted by molar-refractivity contribution is 6.18. The van der Waals surface area contributed by atoms with Gasteiger partial charge in [-0.3, -0.25) is 0 Å². The Morgan fingerprint density at radius 3 is 1.31 bits per heavy atom. The third-order valence-corrected chi connectivity index (χ3v) is 19.2. The Bertz CT molecular complexity index is 5510. The van der Waals surface area contributed by atoms with Crippen LogP contribution in [-0.2, 0) is 10.8 Å². The summed E-state index contributed by atoms with van der Waals surface area (Å²) < 4.78 is 11.7. The van der Waals surface area contributed by atoms with Gasteiger partial charge in [-0.05, 0) is 158 Å². The van der Waals surface area contributed by atoms with Gasteiger partial charge in [0.15, 0.2) is 17.5 Å². The molecule has 0 bridgehead atoms. The fourth-order valence-corrected chi connectivity index (χ4v) is 14.9. The van der Waals surface area contributed by atoms with E-state index in [2.05, 4.69) is 261 Å². The van der Waals surface area contributed by atoms with E-state index in [-0.39, 0.29) is 10.8 Å². The van der Waals surface area contributed by atoms with Gasteiger partial charge in [0.05, 0.1) is 22.1 Å². The Balaban J connectivity index is 0.806. The molecule has 18 rings (SSSR count). The minimum atomic E-state index is -0.199. The maximum Gasteiger partial charge on any atom is 0.164 e. The van der Waals surface area contributed by atoms with Crippen molar-refractivity contribution in [1.82, 2.24) is 24.1 Å². The average Bonchev–Trinajstić information content (AvgIpc) is 1.62. The third-order valence-electron chi connectivity index (χ3n) is 19.2. The topological polar surface area (TPSA) is 61.7 Å². The van der Waals surface area contributed by atoms with E-state index in [0.29, 0.717) is 17.5 Å². The van der Waals surface area contributed by atoms with Gasteiger partial charge in [-0.25, -0.2) is 15.0 Å². The SMILES string of the molecule is CC1(C)c2ccccc2-c2cc3c4cc(-c5ccc6oc7cccc(-c8ccc9c(c8)c8cc%10c(cc8n9-c8cccc(-c9nc(-c%11ccccc%11)nc(-c%11ccccc%11)n9)c8)C(C)(C)c8ccccc8-%10)c7c6c5)ccc4n(-c4ccccc4)c3cc21. The number of hydrogen-bond acceptors (Lipinski definition) is 4. The van der Waals surface area contributed by atoms with Gasteiger partial charge in [0.25, 0.3) is 0 Å². The van der Waals surface area contributed by atoms with Crippen LogP contribution in [0.2, 0.25) is 0 Å². The molecule has 0 atom stereocenters. The molecule has 6 heteroatoms. The van der Waals surface area contributed by atoms with Crippen LogP contribution >= 0.6 is 0 Å². The van der Waals surface area contributed by atoms with E-state index >= 15 is 0 Å². The minimum Gasteiger partial charge on any atom is -0.456 e. The van der Waals surface area contributed by atoms with Crippen LogP contribution in [0.4, 0.5) is 0 Å². The standard InChI is InChI=1S/C81H55N5O/c1-80(2)66-31-16-14-28-57(66)59-44-63-61-41-50(34-37-70(61)85(72(63)46-68(59)80)54-25-12-7-13-26-54)51-36-39-74-65(42-51)76-56(30-19-33-75(76)87-74)52-35-38-71-62(43-52)64-45-60-58-29-15-17-32-67(58)81(3,4)69(60)47-73(64)86(71)55-27-18-24-53(40-55)79-83-77(48-20-8-5-9-21-48)82-78(84-79)49-22-10-6-11-23-49/h5-47H,1-4H3. The molecular formula is C81H55N5O. The van der Waals surface area contributed by atoms with E-state index in [1.54, 1.807) is 0 Å². The van der Waals surface area contributed by atoms with E-state index in [1.165, 1.54) is 77.1 Å². The molecule has 6 nitrogen and oxygen atoms in total. The van der Waals surface area contributed by atoms with Crippen LogP contribution in [-0.4, -0.2) is 24.1 Å². The van der Waals surface area contributed by atoms with Crippen LogP contribution in [0.5, 0.6) is 0 Å². The van der Waals surface area contributed by atoms with Gasteiger partial charge in [0, 0.05) is 71.2 Å². The number of aromatic nitrogens is 5. The van der Waals surface area contributed by atoms with Crippen molar-refractivity contribution in [3.63, 3.8) is 0 Å². The molecule has 0 saturated carbocycles. The second-order valence-electron chi connectivity index (χ2n) is 24.7. The molecule has 0 spiro atoms. The second kappa shape index (κ2) is 18.3. The van der Waals surface area contributed by atoms with Crippen LogP contribution in [0.1, 0.15) is 49.9 Å². The lowest BCUT2D eigenvalue weighted by molar-refractivity contribution is 0.661. The van der Waals surface area contributed by atoms with E-state index in [0.717, 1.165) is 83.3 Å². The number of fused-ring (bicyclic) bond motifs is 15. The first kappa shape index (κ1) is 49.5. The molecule has 0 unspecified atom stereocenters. The molecule has 410 valence electrons. The first-order valence-electron chi connectivity index (χ1n) is 30.1. The molecule has 2 aliphatic rings. The van der Waals surface area contributed by atoms with E-state index in [9.17, 15) is 0 Å². The molecule has 2 aliphatic carbocycles. The van der Waals surface area contributed by atoms with E-state index in [4.69, 9.17) is 19.4 Å². The van der Waals surface area contributed by atoms with Crippen LogP contribution in [0.25, 0.3) is 156 Å². The normalized spacial score (nSPS) is 13.7. The zero-order chi connectivity index (χ0) is 57.9. The number of rotatable bonds is 7. The predicted octanol–water partition coefficient (Wildman–Crippen LogP) is 20.9. The number of benzene rings is 12. The quantitative estimate of drug-likeness (QED) is 0.160. The molecule has 4 heterocycles. The Morgan fingerprint density at radius 2 is 0.713 bits per heavy atom. The molecule has 0 aliphatic heterocycles. The van der Waals surface area contributed by atoms with Crippen LogP contribution in [0.15, 0.2) is 265 Å². The average molecular weight is 1110 g/mol. The molecule has 0 fully saturated rings. The largest absolute Gasteiger partial charge is 0.456 e. The van der Waals surface area contributed by atoms with Crippen molar-refractivity contribution in [2.75, 3.05) is 0 Å². The number of furan rings is 1. The molecule has 4 aromatic heterocycles. The van der Waals surface area contributed by atoms with Gasteiger partial charge in [-0.15, -0.1) is 0 Å². The monoisotopic (exact) mass is 1110 g/mol. The Labute approximate surface area is 503 Å². The molecule has 12 aromatic carbocycles. The van der Waals surface area contributed by atoms with Gasteiger partial charge in [-0.1, -0.05) is 198 Å². The maximum absolute atomic E-state index is 6.79. The predicted molar refractivity (Wildman–Crippen MR) is 358 cm³/mol. The van der Waals surface area contributed by atoms with Crippen LogP contribution in [0.3, 0.4) is 0 Å². The molecule has 0 saturated heterocycles. The Hall–Kier alpha value is -11.0. The van der Waals surface area contributed by atoms with Crippen molar-refractivity contribution in [2.24, 2.45) is 0 Å². The van der Waals surface area contributed by atoms with Crippen molar-refractivity contribution in [3.8, 4) is 90.0 Å². The summed E-state index contributed by atoms with van der Waals surface area (Å²) in [5.41, 5.74) is 26.2. The highest BCUT2D eigenvalue weighted by Crippen LogP contribution is 2.53. The lowest BCUT2D eigenvalue weighted by atomic mass is 9.82. The second-order valence-corrected chi connectivity index (χ2v) is 24.7. The van der Waals surface area contributed by atoms with Crippen LogP contribution in [0, 0.1) is 0 Å². The fourth-order valence-electron chi connectivity index (χ4n) is 14.9. The van der Waals surface area contributed by atoms with Gasteiger partial charge >= 0.3 is 0 Å². The molecular weight excluding hydrogens is 1060 g/mol. The maximum atomic E-state index is 6.79. The minimum absolute atomic E-state index is 0.118. The van der Waals surface area contributed by atoms with Crippen molar-refractivity contribution in [3.05, 3.63) is 283 Å². The fraction of sp³-hybridized carbons (Fsp3) is 0.0741. The first-order valence-corrected chi connectivity index (χ1v) is 30.1. The number of hydrogen-bond donors (Lipinski definition) is 0. The summed E-state index contributed by atoms with van der Waals surface area (Å²) in [6.07, 6.45) is 0. The molecule has 0 amide bonds. The van der Waals surface area contributed by atoms with Gasteiger partial charge in [-0.2, -0.15) is 0 Å². The summed E-state index contributed by atoms with van der Waals surface area (Å²) in [5, 5.41) is 7.02. The third kappa shape index (κ3) is 7.31. The van der Waals surface area contributed by atoms with Gasteiger partial charge in [0.1, 0.15) is 11.2 Å². The van der Waals surface area contributed by atoms with Crippen molar-refractivity contribution in [2.45, 2.75) is 38.5 Å². The van der Waals surface area contributed by atoms with Crippen molar-refractivity contribution < 1.29 is 4.42 Å². The Kier molecular flexibility index (Phi) is 10.4. The summed E-state index contributed by atoms with van der Waals surface area (Å²) in [4.78, 5) is 15.3. The summed E-state index contributed by atoms with van der Waals surface area (Å²) in [6.45, 7) is 9.45. The lowest BCUT2D eigenvalue weighted by Crippen LogP contribution is -2.14. The molecule has 0 N–H and O–H groups in total. The number of para-hydroxylation sites is 1. The van der Waals surface area contributed by atoms with E-state index < -0.39 is 0 Å². The van der Waals surface area contributed by atoms with E-state index in [1.807, 2.05) is 36.4 Å². The van der Waals surface area contributed by atoms with Gasteiger partial charge < -0.3 is 13.6 Å². The zero-order valence-corrected chi connectivity index (χ0v) is 48.5.